The lowest BCUT2D eigenvalue weighted by molar-refractivity contribution is -0.137. The molecular weight excluding hydrogens is 445 g/mol. The predicted molar refractivity (Wildman–Crippen MR) is 116 cm³/mol. The van der Waals surface area contributed by atoms with Gasteiger partial charge in [0.15, 0.2) is 0 Å². The van der Waals surface area contributed by atoms with Crippen LogP contribution in [0.4, 0.5) is 24.5 Å². The molecule has 0 heterocycles. The number of amides is 1. The van der Waals surface area contributed by atoms with Gasteiger partial charge in [-0.05, 0) is 61.0 Å². The van der Waals surface area contributed by atoms with E-state index in [2.05, 4.69) is 10.0 Å². The Hall–Kier alpha value is -3.53. The normalized spacial score (nSPS) is 11.7. The van der Waals surface area contributed by atoms with Crippen molar-refractivity contribution in [1.29, 1.82) is 0 Å². The van der Waals surface area contributed by atoms with Crippen molar-refractivity contribution in [2.75, 3.05) is 16.3 Å². The zero-order valence-electron chi connectivity index (χ0n) is 17.0. The molecular formula is C22H19F3N2O4S. The fourth-order valence-corrected chi connectivity index (χ4v) is 3.40. The van der Waals surface area contributed by atoms with E-state index in [4.69, 9.17) is 4.74 Å². The largest absolute Gasteiger partial charge is 0.457 e. The molecule has 0 bridgehead atoms. The van der Waals surface area contributed by atoms with Gasteiger partial charge in [0.05, 0.1) is 17.5 Å². The lowest BCUT2D eigenvalue weighted by atomic mass is 10.1. The van der Waals surface area contributed by atoms with Crippen LogP contribution in [0, 0.1) is 6.92 Å². The molecule has 0 spiro atoms. The number of halogens is 3. The van der Waals surface area contributed by atoms with Gasteiger partial charge in [0.1, 0.15) is 11.5 Å². The Balaban J connectivity index is 1.77. The van der Waals surface area contributed by atoms with Gasteiger partial charge in [-0.3, -0.25) is 9.52 Å². The number of anilines is 2. The topological polar surface area (TPSA) is 84.5 Å². The summed E-state index contributed by atoms with van der Waals surface area (Å²) in [5.74, 6) is -0.346. The van der Waals surface area contributed by atoms with E-state index in [-0.39, 0.29) is 17.1 Å². The highest BCUT2D eigenvalue weighted by Gasteiger charge is 2.30. The van der Waals surface area contributed by atoms with Crippen molar-refractivity contribution >= 4 is 27.3 Å². The van der Waals surface area contributed by atoms with Crippen LogP contribution in [0.25, 0.3) is 0 Å². The highest BCUT2D eigenvalue weighted by atomic mass is 32.2. The first-order valence-corrected chi connectivity index (χ1v) is 11.1. The number of hydrogen-bond donors (Lipinski definition) is 2. The molecule has 0 atom stereocenters. The Kier molecular flexibility index (Phi) is 6.45. The smallest absolute Gasteiger partial charge is 0.416 e. The summed E-state index contributed by atoms with van der Waals surface area (Å²) in [6.45, 7) is 1.72. The molecule has 2 N–H and O–H groups in total. The lowest BCUT2D eigenvalue weighted by Gasteiger charge is -2.12. The summed E-state index contributed by atoms with van der Waals surface area (Å²) in [6.07, 6.45) is -3.48. The van der Waals surface area contributed by atoms with E-state index in [0.717, 1.165) is 18.4 Å². The van der Waals surface area contributed by atoms with E-state index < -0.39 is 27.7 Å². The first kappa shape index (κ1) is 23.1. The molecule has 0 aromatic heterocycles. The maximum atomic E-state index is 12.9. The summed E-state index contributed by atoms with van der Waals surface area (Å²) in [6, 6.07) is 15.1. The van der Waals surface area contributed by atoms with E-state index in [1.54, 1.807) is 19.1 Å². The van der Waals surface area contributed by atoms with Crippen LogP contribution in [0.3, 0.4) is 0 Å². The Morgan fingerprint density at radius 3 is 2.25 bits per heavy atom. The van der Waals surface area contributed by atoms with Gasteiger partial charge < -0.3 is 10.1 Å². The van der Waals surface area contributed by atoms with Crippen LogP contribution in [0.15, 0.2) is 66.7 Å². The van der Waals surface area contributed by atoms with E-state index in [1.165, 1.54) is 42.5 Å². The second kappa shape index (κ2) is 8.91. The average molecular weight is 464 g/mol. The second-order valence-electron chi connectivity index (χ2n) is 7.01. The number of benzene rings is 3. The minimum absolute atomic E-state index is 0.0209. The number of aryl methyl sites for hydroxylation is 1. The van der Waals surface area contributed by atoms with Crippen molar-refractivity contribution in [2.24, 2.45) is 0 Å². The summed E-state index contributed by atoms with van der Waals surface area (Å²) >= 11 is 0. The number of sulfonamides is 1. The molecule has 10 heteroatoms. The fourth-order valence-electron chi connectivity index (χ4n) is 2.79. The van der Waals surface area contributed by atoms with Crippen LogP contribution in [0.5, 0.6) is 11.5 Å². The van der Waals surface area contributed by atoms with Gasteiger partial charge in [-0.1, -0.05) is 18.2 Å². The van der Waals surface area contributed by atoms with Gasteiger partial charge in [0.2, 0.25) is 10.0 Å². The van der Waals surface area contributed by atoms with E-state index in [0.29, 0.717) is 16.9 Å². The minimum atomic E-state index is -4.50. The molecule has 0 saturated heterocycles. The number of ether oxygens (including phenoxy) is 1. The summed E-state index contributed by atoms with van der Waals surface area (Å²) < 4.78 is 69.5. The summed E-state index contributed by atoms with van der Waals surface area (Å²) in [5.41, 5.74) is 0.710. The molecule has 0 aliphatic rings. The van der Waals surface area contributed by atoms with Gasteiger partial charge in [-0.15, -0.1) is 0 Å². The van der Waals surface area contributed by atoms with E-state index in [1.807, 2.05) is 0 Å². The molecule has 0 saturated carbocycles. The zero-order chi connectivity index (χ0) is 23.5. The van der Waals surface area contributed by atoms with Crippen molar-refractivity contribution in [3.8, 4) is 11.5 Å². The first-order valence-electron chi connectivity index (χ1n) is 9.26. The molecule has 6 nitrogen and oxygen atoms in total. The van der Waals surface area contributed by atoms with Crippen LogP contribution in [0.1, 0.15) is 21.5 Å². The van der Waals surface area contributed by atoms with Crippen LogP contribution in [0.2, 0.25) is 0 Å². The van der Waals surface area contributed by atoms with Crippen molar-refractivity contribution in [3.63, 3.8) is 0 Å². The molecule has 3 rings (SSSR count). The number of rotatable bonds is 6. The highest BCUT2D eigenvalue weighted by molar-refractivity contribution is 7.92. The van der Waals surface area contributed by atoms with Gasteiger partial charge in [0, 0.05) is 11.3 Å². The second-order valence-corrected chi connectivity index (χ2v) is 8.76. The van der Waals surface area contributed by atoms with Crippen LogP contribution in [-0.4, -0.2) is 20.6 Å². The zero-order valence-corrected chi connectivity index (χ0v) is 17.8. The molecule has 0 aliphatic carbocycles. The molecule has 3 aromatic rings. The third-order valence-corrected chi connectivity index (χ3v) is 4.87. The molecule has 168 valence electrons. The number of hydrogen-bond acceptors (Lipinski definition) is 4. The number of alkyl halides is 3. The molecule has 0 radical (unpaired) electrons. The van der Waals surface area contributed by atoms with Gasteiger partial charge >= 0.3 is 6.18 Å². The van der Waals surface area contributed by atoms with Crippen molar-refractivity contribution in [3.05, 3.63) is 83.4 Å². The highest BCUT2D eigenvalue weighted by Crippen LogP contribution is 2.33. The third-order valence-electron chi connectivity index (χ3n) is 4.28. The Morgan fingerprint density at radius 2 is 1.59 bits per heavy atom. The van der Waals surface area contributed by atoms with Crippen LogP contribution < -0.4 is 14.8 Å². The third kappa shape index (κ3) is 6.24. The Labute approximate surface area is 183 Å². The van der Waals surface area contributed by atoms with Crippen molar-refractivity contribution in [2.45, 2.75) is 13.1 Å². The van der Waals surface area contributed by atoms with Crippen molar-refractivity contribution in [1.82, 2.24) is 0 Å². The van der Waals surface area contributed by atoms with E-state index >= 15 is 0 Å². The first-order chi connectivity index (χ1) is 14.9. The van der Waals surface area contributed by atoms with Crippen LogP contribution >= 0.6 is 0 Å². The van der Waals surface area contributed by atoms with Gasteiger partial charge in [-0.2, -0.15) is 13.2 Å². The fraction of sp³-hybridized carbons (Fsp3) is 0.136. The van der Waals surface area contributed by atoms with E-state index in [9.17, 15) is 26.4 Å². The van der Waals surface area contributed by atoms with Gasteiger partial charge in [-0.25, -0.2) is 8.42 Å². The minimum Gasteiger partial charge on any atom is -0.457 e. The number of carbonyl (C=O) groups is 1. The summed E-state index contributed by atoms with van der Waals surface area (Å²) in [4.78, 5) is 12.6. The monoisotopic (exact) mass is 464 g/mol. The molecule has 32 heavy (non-hydrogen) atoms. The SMILES string of the molecule is Cc1ccc(NC(=O)c2cccc(Oc3cccc(C(F)(F)F)c3)c2)cc1NS(C)(=O)=O. The number of carbonyl (C=O) groups excluding carboxylic acids is 1. The quantitative estimate of drug-likeness (QED) is 0.510. The van der Waals surface area contributed by atoms with Crippen LogP contribution in [-0.2, 0) is 16.2 Å². The standard InChI is InChI=1S/C22H19F3N2O4S/c1-14-9-10-17(13-20(14)27-32(2,29)30)26-21(28)15-5-3-7-18(11-15)31-19-8-4-6-16(12-19)22(23,24)25/h3-13,27H,1-2H3,(H,26,28). The lowest BCUT2D eigenvalue weighted by Crippen LogP contribution is -2.14. The maximum Gasteiger partial charge on any atom is 0.416 e. The molecule has 0 unspecified atom stereocenters. The van der Waals surface area contributed by atoms with Gasteiger partial charge in [0.25, 0.3) is 5.91 Å². The Bertz CT molecular complexity index is 1260. The predicted octanol–water partition coefficient (Wildman–Crippen LogP) is 5.43. The molecule has 1 amide bonds. The summed E-state index contributed by atoms with van der Waals surface area (Å²) in [7, 11) is -3.49. The van der Waals surface area contributed by atoms with Crippen molar-refractivity contribution < 1.29 is 31.1 Å². The Morgan fingerprint density at radius 1 is 0.938 bits per heavy atom. The molecule has 3 aromatic carbocycles. The number of nitrogens with one attached hydrogen (secondary N) is 2. The molecule has 0 aliphatic heterocycles. The maximum absolute atomic E-state index is 12.9. The average Bonchev–Trinajstić information content (AvgIpc) is 2.69. The summed E-state index contributed by atoms with van der Waals surface area (Å²) in [5, 5.41) is 2.65. The molecule has 0 fully saturated rings.